The maximum Gasteiger partial charge on any atom is 0.140 e. The number of rotatable bonds is 5. The van der Waals surface area contributed by atoms with E-state index in [0.29, 0.717) is 6.54 Å². The van der Waals surface area contributed by atoms with Crippen molar-refractivity contribution in [3.05, 3.63) is 47.0 Å². The minimum Gasteiger partial charge on any atom is -0.303 e. The van der Waals surface area contributed by atoms with E-state index in [-0.39, 0.29) is 6.04 Å². The highest BCUT2D eigenvalue weighted by molar-refractivity contribution is 6.31. The van der Waals surface area contributed by atoms with Crippen molar-refractivity contribution in [3.8, 4) is 0 Å². The number of aromatic nitrogens is 3. The van der Waals surface area contributed by atoms with Crippen LogP contribution >= 0.6 is 11.6 Å². The molecule has 2 rings (SSSR count). The van der Waals surface area contributed by atoms with E-state index in [1.165, 1.54) is 0 Å². The van der Waals surface area contributed by atoms with Gasteiger partial charge in [-0.1, -0.05) is 29.8 Å². The molecule has 0 radical (unpaired) electrons. The zero-order valence-corrected chi connectivity index (χ0v) is 11.4. The maximum absolute atomic E-state index is 6.17. The number of nitrogens with one attached hydrogen (secondary N) is 1. The molecule has 96 valence electrons. The van der Waals surface area contributed by atoms with E-state index in [1.54, 1.807) is 6.33 Å². The van der Waals surface area contributed by atoms with Gasteiger partial charge in [-0.2, -0.15) is 5.10 Å². The van der Waals surface area contributed by atoms with Gasteiger partial charge in [0.15, 0.2) is 0 Å². The third-order valence-electron chi connectivity index (χ3n) is 2.93. The van der Waals surface area contributed by atoms with Crippen LogP contribution in [0.25, 0.3) is 0 Å². The average Bonchev–Trinajstić information content (AvgIpc) is 2.84. The summed E-state index contributed by atoms with van der Waals surface area (Å²) in [7, 11) is 0. The first-order chi connectivity index (χ1) is 8.72. The third-order valence-corrected chi connectivity index (χ3v) is 3.28. The van der Waals surface area contributed by atoms with Gasteiger partial charge in [-0.25, -0.2) is 9.67 Å². The van der Waals surface area contributed by atoms with Gasteiger partial charge in [0, 0.05) is 17.6 Å². The lowest BCUT2D eigenvalue weighted by atomic mass is 10.1. The molecule has 0 bridgehead atoms. The SMILES string of the molecule is CCn1ncnc1CN[C@@H](C)c1ccccc1Cl. The lowest BCUT2D eigenvalue weighted by molar-refractivity contribution is 0.524. The van der Waals surface area contributed by atoms with Crippen LogP contribution in [0.4, 0.5) is 0 Å². The quantitative estimate of drug-likeness (QED) is 0.903. The van der Waals surface area contributed by atoms with Crippen molar-refractivity contribution in [1.29, 1.82) is 0 Å². The monoisotopic (exact) mass is 264 g/mol. The second kappa shape index (κ2) is 5.98. The molecule has 5 heteroatoms. The van der Waals surface area contributed by atoms with E-state index in [9.17, 15) is 0 Å². The maximum atomic E-state index is 6.17. The van der Waals surface area contributed by atoms with Crippen LogP contribution in [0.15, 0.2) is 30.6 Å². The molecule has 1 N–H and O–H groups in total. The van der Waals surface area contributed by atoms with Crippen LogP contribution < -0.4 is 5.32 Å². The number of nitrogens with zero attached hydrogens (tertiary/aromatic N) is 3. The number of hydrogen-bond donors (Lipinski definition) is 1. The average molecular weight is 265 g/mol. The summed E-state index contributed by atoms with van der Waals surface area (Å²) >= 11 is 6.17. The molecule has 0 aliphatic rings. The Bertz CT molecular complexity index is 509. The second-order valence-electron chi connectivity index (χ2n) is 4.12. The second-order valence-corrected chi connectivity index (χ2v) is 4.52. The molecule has 4 nitrogen and oxygen atoms in total. The van der Waals surface area contributed by atoms with Crippen molar-refractivity contribution in [2.45, 2.75) is 33.0 Å². The third kappa shape index (κ3) is 2.89. The Kier molecular flexibility index (Phi) is 4.33. The fourth-order valence-corrected chi connectivity index (χ4v) is 2.17. The molecule has 0 saturated heterocycles. The van der Waals surface area contributed by atoms with Gasteiger partial charge < -0.3 is 5.32 Å². The van der Waals surface area contributed by atoms with Crippen molar-refractivity contribution in [2.24, 2.45) is 0 Å². The van der Waals surface area contributed by atoms with Gasteiger partial charge in [0.25, 0.3) is 0 Å². The Labute approximate surface area is 112 Å². The molecule has 0 spiro atoms. The van der Waals surface area contributed by atoms with Crippen LogP contribution in [-0.2, 0) is 13.1 Å². The molecule has 0 saturated carbocycles. The molecular formula is C13H17ClN4. The van der Waals surface area contributed by atoms with Crippen molar-refractivity contribution in [1.82, 2.24) is 20.1 Å². The van der Waals surface area contributed by atoms with Crippen LogP contribution in [0.3, 0.4) is 0 Å². The van der Waals surface area contributed by atoms with Gasteiger partial charge in [0.05, 0.1) is 6.54 Å². The predicted octanol–water partition coefficient (Wildman–Crippen LogP) is 2.80. The van der Waals surface area contributed by atoms with Crippen LogP contribution in [0.2, 0.25) is 5.02 Å². The smallest absolute Gasteiger partial charge is 0.140 e. The van der Waals surface area contributed by atoms with Crippen LogP contribution in [0, 0.1) is 0 Å². The summed E-state index contributed by atoms with van der Waals surface area (Å²) in [4.78, 5) is 4.23. The lowest BCUT2D eigenvalue weighted by Crippen LogP contribution is -2.21. The highest BCUT2D eigenvalue weighted by Crippen LogP contribution is 2.22. The molecular weight excluding hydrogens is 248 g/mol. The Hall–Kier alpha value is -1.39. The number of aryl methyl sites for hydroxylation is 1. The summed E-state index contributed by atoms with van der Waals surface area (Å²) < 4.78 is 1.88. The summed E-state index contributed by atoms with van der Waals surface area (Å²) in [6, 6.07) is 8.05. The minimum atomic E-state index is 0.181. The Morgan fingerprint density at radius 3 is 2.89 bits per heavy atom. The van der Waals surface area contributed by atoms with E-state index < -0.39 is 0 Å². The highest BCUT2D eigenvalue weighted by atomic mass is 35.5. The first kappa shape index (κ1) is 13.1. The van der Waals surface area contributed by atoms with E-state index >= 15 is 0 Å². The van der Waals surface area contributed by atoms with Crippen molar-refractivity contribution >= 4 is 11.6 Å². The van der Waals surface area contributed by atoms with Crippen molar-refractivity contribution in [3.63, 3.8) is 0 Å². The molecule has 1 aromatic carbocycles. The zero-order chi connectivity index (χ0) is 13.0. The van der Waals surface area contributed by atoms with Crippen LogP contribution in [-0.4, -0.2) is 14.8 Å². The van der Waals surface area contributed by atoms with Crippen molar-refractivity contribution in [2.75, 3.05) is 0 Å². The Morgan fingerprint density at radius 2 is 2.17 bits per heavy atom. The summed E-state index contributed by atoms with van der Waals surface area (Å²) in [5.74, 6) is 0.941. The molecule has 2 aromatic rings. The number of hydrogen-bond acceptors (Lipinski definition) is 3. The van der Waals surface area contributed by atoms with E-state index in [4.69, 9.17) is 11.6 Å². The first-order valence-electron chi connectivity index (χ1n) is 6.07. The van der Waals surface area contributed by atoms with E-state index in [2.05, 4.69) is 29.2 Å². The van der Waals surface area contributed by atoms with Gasteiger partial charge in [-0.05, 0) is 25.5 Å². The molecule has 0 fully saturated rings. The number of benzene rings is 1. The van der Waals surface area contributed by atoms with Crippen LogP contribution in [0.1, 0.15) is 31.3 Å². The fraction of sp³-hybridized carbons (Fsp3) is 0.385. The van der Waals surface area contributed by atoms with Gasteiger partial charge in [0.1, 0.15) is 12.2 Å². The molecule has 0 aliphatic carbocycles. The lowest BCUT2D eigenvalue weighted by Gasteiger charge is -2.15. The molecule has 0 amide bonds. The first-order valence-corrected chi connectivity index (χ1v) is 6.44. The van der Waals surface area contributed by atoms with E-state index in [1.807, 2.05) is 28.9 Å². The fourth-order valence-electron chi connectivity index (χ4n) is 1.87. The van der Waals surface area contributed by atoms with Gasteiger partial charge in [-0.3, -0.25) is 0 Å². The normalized spacial score (nSPS) is 12.6. The summed E-state index contributed by atoms with van der Waals surface area (Å²) in [6.07, 6.45) is 1.58. The minimum absolute atomic E-state index is 0.181. The summed E-state index contributed by atoms with van der Waals surface area (Å²) in [5, 5.41) is 8.34. The van der Waals surface area contributed by atoms with Gasteiger partial charge in [0.2, 0.25) is 0 Å². The van der Waals surface area contributed by atoms with E-state index in [0.717, 1.165) is 23.0 Å². The molecule has 0 unspecified atom stereocenters. The topological polar surface area (TPSA) is 42.7 Å². The molecule has 1 aromatic heterocycles. The zero-order valence-electron chi connectivity index (χ0n) is 10.6. The summed E-state index contributed by atoms with van der Waals surface area (Å²) in [6.45, 7) is 5.65. The highest BCUT2D eigenvalue weighted by Gasteiger charge is 2.10. The Balaban J connectivity index is 2.01. The standard InChI is InChI=1S/C13H17ClN4/c1-3-18-13(16-9-17-18)8-15-10(2)11-6-4-5-7-12(11)14/h4-7,9-10,15H,3,8H2,1-2H3/t10-/m0/s1. The number of halogens is 1. The van der Waals surface area contributed by atoms with Gasteiger partial charge >= 0.3 is 0 Å². The van der Waals surface area contributed by atoms with Gasteiger partial charge in [-0.15, -0.1) is 0 Å². The predicted molar refractivity (Wildman–Crippen MR) is 72.4 cm³/mol. The molecule has 1 heterocycles. The largest absolute Gasteiger partial charge is 0.303 e. The summed E-state index contributed by atoms with van der Waals surface area (Å²) in [5.41, 5.74) is 1.10. The molecule has 18 heavy (non-hydrogen) atoms. The van der Waals surface area contributed by atoms with Crippen LogP contribution in [0.5, 0.6) is 0 Å². The molecule has 1 atom stereocenters. The molecule has 0 aliphatic heterocycles. The Morgan fingerprint density at radius 1 is 1.39 bits per heavy atom. The van der Waals surface area contributed by atoms with Crippen molar-refractivity contribution < 1.29 is 0 Å².